The van der Waals surface area contributed by atoms with Gasteiger partial charge in [0.1, 0.15) is 11.6 Å². The number of hydrogen-bond acceptors (Lipinski definition) is 3. The smallest absolute Gasteiger partial charge is 0.328 e. The van der Waals surface area contributed by atoms with Crippen molar-refractivity contribution in [3.05, 3.63) is 62.7 Å². The molecule has 1 aromatic heterocycles. The van der Waals surface area contributed by atoms with E-state index in [0.717, 1.165) is 0 Å². The van der Waals surface area contributed by atoms with E-state index in [1.807, 2.05) is 0 Å². The van der Waals surface area contributed by atoms with Crippen LogP contribution in [0.25, 0.3) is 0 Å². The molecule has 0 aliphatic carbocycles. The van der Waals surface area contributed by atoms with Gasteiger partial charge in [-0.3, -0.25) is 14.3 Å². The molecule has 2 rings (SSSR count). The van der Waals surface area contributed by atoms with Gasteiger partial charge in [-0.05, 0) is 6.07 Å². The minimum Gasteiger partial charge on any atom is -0.497 e. The summed E-state index contributed by atoms with van der Waals surface area (Å²) >= 11 is 0. The summed E-state index contributed by atoms with van der Waals surface area (Å²) in [5.41, 5.74) is -0.714. The van der Waals surface area contributed by atoms with Gasteiger partial charge in [0, 0.05) is 23.9 Å². The molecule has 6 heteroatoms. The van der Waals surface area contributed by atoms with Crippen LogP contribution in [0.4, 0.5) is 4.39 Å². The Morgan fingerprint density at radius 2 is 2.11 bits per heavy atom. The van der Waals surface area contributed by atoms with Crippen LogP contribution < -0.4 is 16.0 Å². The topological polar surface area (TPSA) is 64.1 Å². The first-order valence-corrected chi connectivity index (χ1v) is 5.22. The fraction of sp³-hybridized carbons (Fsp3) is 0.167. The monoisotopic (exact) mass is 250 g/mol. The molecule has 0 radical (unpaired) electrons. The highest BCUT2D eigenvalue weighted by molar-refractivity contribution is 5.29. The van der Waals surface area contributed by atoms with Gasteiger partial charge in [-0.2, -0.15) is 0 Å². The van der Waals surface area contributed by atoms with Crippen molar-refractivity contribution in [1.29, 1.82) is 0 Å². The first kappa shape index (κ1) is 12.1. The highest BCUT2D eigenvalue weighted by atomic mass is 19.1. The van der Waals surface area contributed by atoms with E-state index in [2.05, 4.69) is 4.98 Å². The summed E-state index contributed by atoms with van der Waals surface area (Å²) in [5, 5.41) is 0. The lowest BCUT2D eigenvalue weighted by molar-refractivity contribution is 0.410. The van der Waals surface area contributed by atoms with Crippen LogP contribution in [0.1, 0.15) is 5.56 Å². The van der Waals surface area contributed by atoms with E-state index < -0.39 is 17.1 Å². The van der Waals surface area contributed by atoms with Crippen LogP contribution in [-0.4, -0.2) is 16.7 Å². The second-order valence-corrected chi connectivity index (χ2v) is 3.70. The Kier molecular flexibility index (Phi) is 3.27. The largest absolute Gasteiger partial charge is 0.497 e. The SMILES string of the molecule is COc1ccc(Cn2ccc(=O)[nH]c2=O)c(F)c1. The Morgan fingerprint density at radius 3 is 2.72 bits per heavy atom. The number of methoxy groups -OCH3 is 1. The van der Waals surface area contributed by atoms with Gasteiger partial charge in [-0.25, -0.2) is 9.18 Å². The lowest BCUT2D eigenvalue weighted by atomic mass is 10.2. The number of benzene rings is 1. The van der Waals surface area contributed by atoms with Crippen molar-refractivity contribution in [3.8, 4) is 5.75 Å². The molecule has 0 atom stereocenters. The van der Waals surface area contributed by atoms with Gasteiger partial charge in [0.25, 0.3) is 5.56 Å². The Bertz CT molecular complexity index is 676. The second kappa shape index (κ2) is 4.87. The van der Waals surface area contributed by atoms with Gasteiger partial charge in [-0.15, -0.1) is 0 Å². The second-order valence-electron chi connectivity index (χ2n) is 3.70. The Morgan fingerprint density at radius 1 is 1.33 bits per heavy atom. The third kappa shape index (κ3) is 2.48. The summed E-state index contributed by atoms with van der Waals surface area (Å²) in [6, 6.07) is 5.59. The zero-order valence-corrected chi connectivity index (χ0v) is 9.64. The molecule has 0 spiro atoms. The summed E-state index contributed by atoms with van der Waals surface area (Å²) < 4.78 is 19.8. The lowest BCUT2D eigenvalue weighted by Gasteiger charge is -2.07. The number of hydrogen-bond donors (Lipinski definition) is 1. The Hall–Kier alpha value is -2.37. The number of aromatic amines is 1. The molecule has 0 fully saturated rings. The molecule has 94 valence electrons. The third-order valence-corrected chi connectivity index (χ3v) is 2.50. The number of rotatable bonds is 3. The van der Waals surface area contributed by atoms with E-state index >= 15 is 0 Å². The van der Waals surface area contributed by atoms with Crippen molar-refractivity contribution in [2.75, 3.05) is 7.11 Å². The lowest BCUT2D eigenvalue weighted by Crippen LogP contribution is -2.29. The van der Waals surface area contributed by atoms with Crippen molar-refractivity contribution in [1.82, 2.24) is 9.55 Å². The molecular weight excluding hydrogens is 239 g/mol. The predicted octanol–water partition coefficient (Wildman–Crippen LogP) is 0.733. The molecule has 0 saturated carbocycles. The summed E-state index contributed by atoms with van der Waals surface area (Å²) in [5.74, 6) is -0.0579. The minimum atomic E-state index is -0.572. The fourth-order valence-electron chi connectivity index (χ4n) is 1.54. The maximum absolute atomic E-state index is 13.7. The van der Waals surface area contributed by atoms with Crippen LogP contribution in [0.3, 0.4) is 0 Å². The molecule has 5 nitrogen and oxygen atoms in total. The van der Waals surface area contributed by atoms with Crippen LogP contribution >= 0.6 is 0 Å². The normalized spacial score (nSPS) is 10.3. The summed E-state index contributed by atoms with van der Waals surface area (Å²) in [6.07, 6.45) is 1.32. The van der Waals surface area contributed by atoms with E-state index in [1.54, 1.807) is 6.07 Å². The number of ether oxygens (including phenoxy) is 1. The van der Waals surface area contributed by atoms with Gasteiger partial charge in [0.05, 0.1) is 13.7 Å². The number of halogens is 1. The minimum absolute atomic E-state index is 0.0471. The maximum Gasteiger partial charge on any atom is 0.328 e. The van der Waals surface area contributed by atoms with E-state index in [9.17, 15) is 14.0 Å². The molecule has 0 saturated heterocycles. The number of H-pyrrole nitrogens is 1. The molecule has 0 bridgehead atoms. The molecule has 0 aliphatic rings. The highest BCUT2D eigenvalue weighted by Gasteiger charge is 2.06. The van der Waals surface area contributed by atoms with Gasteiger partial charge in [0.2, 0.25) is 0 Å². The quantitative estimate of drug-likeness (QED) is 0.873. The van der Waals surface area contributed by atoms with Crippen molar-refractivity contribution in [2.45, 2.75) is 6.54 Å². The fourth-order valence-corrected chi connectivity index (χ4v) is 1.54. The van der Waals surface area contributed by atoms with E-state index in [1.165, 1.54) is 36.1 Å². The average Bonchev–Trinajstić information content (AvgIpc) is 2.34. The standard InChI is InChI=1S/C12H11FN2O3/c1-18-9-3-2-8(10(13)6-9)7-15-5-4-11(16)14-12(15)17/h2-6H,7H2,1H3,(H,14,16,17). The number of nitrogens with one attached hydrogen (secondary N) is 1. The molecule has 1 aromatic carbocycles. The molecule has 0 aliphatic heterocycles. The van der Waals surface area contributed by atoms with Gasteiger partial charge in [0.15, 0.2) is 0 Å². The van der Waals surface area contributed by atoms with Gasteiger partial charge in [-0.1, -0.05) is 6.07 Å². The van der Waals surface area contributed by atoms with Crippen LogP contribution in [0.5, 0.6) is 5.75 Å². The number of nitrogens with zero attached hydrogens (tertiary/aromatic N) is 1. The predicted molar refractivity (Wildman–Crippen MR) is 63.4 cm³/mol. The van der Waals surface area contributed by atoms with Crippen molar-refractivity contribution in [3.63, 3.8) is 0 Å². The molecule has 18 heavy (non-hydrogen) atoms. The van der Waals surface area contributed by atoms with Crippen LogP contribution in [-0.2, 0) is 6.54 Å². The van der Waals surface area contributed by atoms with Crippen molar-refractivity contribution in [2.24, 2.45) is 0 Å². The van der Waals surface area contributed by atoms with Crippen LogP contribution in [0.15, 0.2) is 40.1 Å². The highest BCUT2D eigenvalue weighted by Crippen LogP contribution is 2.16. The van der Waals surface area contributed by atoms with E-state index in [-0.39, 0.29) is 6.54 Å². The Labute approximate surface area is 101 Å². The molecule has 1 N–H and O–H groups in total. The summed E-state index contributed by atoms with van der Waals surface area (Å²) in [4.78, 5) is 24.4. The van der Waals surface area contributed by atoms with Crippen LogP contribution in [0, 0.1) is 5.82 Å². The van der Waals surface area contributed by atoms with E-state index in [4.69, 9.17) is 4.74 Å². The Balaban J connectivity index is 2.34. The zero-order valence-electron chi connectivity index (χ0n) is 9.64. The van der Waals surface area contributed by atoms with Gasteiger partial charge < -0.3 is 4.74 Å². The molecule has 0 amide bonds. The molecule has 0 unspecified atom stereocenters. The van der Waals surface area contributed by atoms with Crippen LogP contribution in [0.2, 0.25) is 0 Å². The molecule has 1 heterocycles. The summed E-state index contributed by atoms with van der Waals surface area (Å²) in [6.45, 7) is 0.0471. The van der Waals surface area contributed by atoms with Crippen molar-refractivity contribution < 1.29 is 9.13 Å². The zero-order chi connectivity index (χ0) is 13.1. The maximum atomic E-state index is 13.7. The number of aromatic nitrogens is 2. The van der Waals surface area contributed by atoms with E-state index in [0.29, 0.717) is 11.3 Å². The van der Waals surface area contributed by atoms with Gasteiger partial charge >= 0.3 is 5.69 Å². The first-order chi connectivity index (χ1) is 8.60. The molecule has 2 aromatic rings. The third-order valence-electron chi connectivity index (χ3n) is 2.50. The molecular formula is C12H11FN2O3. The first-order valence-electron chi connectivity index (χ1n) is 5.22. The summed E-state index contributed by atoms with van der Waals surface area (Å²) in [7, 11) is 1.45. The average molecular weight is 250 g/mol. The van der Waals surface area contributed by atoms with Crippen molar-refractivity contribution >= 4 is 0 Å².